The molecular formula is C50H78O3. The second-order valence-corrected chi connectivity index (χ2v) is 22.6. The van der Waals surface area contributed by atoms with Gasteiger partial charge in [0.05, 0.1) is 6.61 Å². The lowest BCUT2D eigenvalue weighted by molar-refractivity contribution is -0.171. The Labute approximate surface area is 325 Å². The van der Waals surface area contributed by atoms with Gasteiger partial charge in [0.25, 0.3) is 0 Å². The van der Waals surface area contributed by atoms with Crippen LogP contribution in [0.3, 0.4) is 0 Å². The average molecular weight is 727 g/mol. The highest BCUT2D eigenvalue weighted by Gasteiger charge is 2.62. The first-order valence-electron chi connectivity index (χ1n) is 22.0. The van der Waals surface area contributed by atoms with Crippen molar-refractivity contribution in [3.05, 3.63) is 59.7 Å². The van der Waals surface area contributed by atoms with Crippen molar-refractivity contribution >= 4 is 0 Å². The number of hydrogen-bond donors (Lipinski definition) is 1. The lowest BCUT2D eigenvalue weighted by Gasteiger charge is -2.42. The van der Waals surface area contributed by atoms with E-state index in [2.05, 4.69) is 106 Å². The zero-order valence-electron chi connectivity index (χ0n) is 35.7. The molecule has 1 N–H and O–H groups in total. The highest BCUT2D eigenvalue weighted by atomic mass is 16.7. The molecule has 5 aliphatic rings. The van der Waals surface area contributed by atoms with Crippen molar-refractivity contribution in [3.63, 3.8) is 0 Å². The van der Waals surface area contributed by atoms with Crippen molar-refractivity contribution in [3.8, 4) is 11.5 Å². The van der Waals surface area contributed by atoms with Gasteiger partial charge in [0, 0.05) is 5.41 Å². The quantitative estimate of drug-likeness (QED) is 0.175. The van der Waals surface area contributed by atoms with E-state index in [9.17, 15) is 5.11 Å². The second-order valence-electron chi connectivity index (χ2n) is 22.6. The third-order valence-corrected chi connectivity index (χ3v) is 14.9. The molecule has 2 aromatic carbocycles. The molecule has 4 bridgehead atoms. The second kappa shape index (κ2) is 15.9. The number of benzene rings is 2. The van der Waals surface area contributed by atoms with Crippen LogP contribution in [0.5, 0.6) is 11.5 Å². The van der Waals surface area contributed by atoms with Crippen molar-refractivity contribution < 1.29 is 14.6 Å². The summed E-state index contributed by atoms with van der Waals surface area (Å²) in [5, 5.41) is 9.97. The maximum Gasteiger partial charge on any atom is 0.205 e. The van der Waals surface area contributed by atoms with E-state index in [0.717, 1.165) is 48.9 Å². The molecule has 296 valence electrons. The molecule has 5 unspecified atom stereocenters. The first-order valence-corrected chi connectivity index (χ1v) is 22.0. The van der Waals surface area contributed by atoms with Gasteiger partial charge < -0.3 is 14.6 Å². The van der Waals surface area contributed by atoms with Crippen LogP contribution < -0.4 is 4.74 Å². The third kappa shape index (κ3) is 10.1. The van der Waals surface area contributed by atoms with Crippen molar-refractivity contribution in [1.29, 1.82) is 0 Å². The fourth-order valence-electron chi connectivity index (χ4n) is 11.9. The van der Waals surface area contributed by atoms with Gasteiger partial charge in [-0.25, -0.2) is 0 Å². The molecule has 3 heteroatoms. The van der Waals surface area contributed by atoms with Crippen molar-refractivity contribution in [2.24, 2.45) is 50.7 Å². The molecule has 0 amide bonds. The van der Waals surface area contributed by atoms with Gasteiger partial charge in [-0.3, -0.25) is 0 Å². The van der Waals surface area contributed by atoms with Crippen LogP contribution in [-0.4, -0.2) is 18.0 Å². The van der Waals surface area contributed by atoms with E-state index in [1.807, 2.05) is 12.1 Å². The Morgan fingerprint density at radius 2 is 1.28 bits per heavy atom. The molecule has 5 saturated carbocycles. The van der Waals surface area contributed by atoms with Crippen LogP contribution in [0, 0.1) is 50.7 Å². The summed E-state index contributed by atoms with van der Waals surface area (Å²) in [7, 11) is 0. The number of aromatic hydroxyl groups is 1. The van der Waals surface area contributed by atoms with Gasteiger partial charge in [-0.15, -0.1) is 0 Å². The standard InChI is InChI=1S/C50H78O3/c1-46(2,3)33-44(49(9,10)26-25-48(7,8)34-43(47(4,5)6)38-16-20-41(51)21-17-38)39-18-22-42(23-19-39)53-45(52-27-24-35-14-12-11-13-15-35)50-31-36-28-37(32-50)30-40(50)29-36/h16-23,35-37,40,43-45,51H,11-15,24-34H2,1-10H3. The summed E-state index contributed by atoms with van der Waals surface area (Å²) in [5.74, 6) is 5.61. The summed E-state index contributed by atoms with van der Waals surface area (Å²) < 4.78 is 14.0. The van der Waals surface area contributed by atoms with Gasteiger partial charge in [0.2, 0.25) is 6.29 Å². The summed E-state index contributed by atoms with van der Waals surface area (Å²) in [6.07, 6.45) is 19.6. The van der Waals surface area contributed by atoms with Crippen LogP contribution in [0.2, 0.25) is 0 Å². The number of phenols is 1. The van der Waals surface area contributed by atoms with Crippen LogP contribution in [0.15, 0.2) is 48.5 Å². The molecule has 3 nitrogen and oxygen atoms in total. The SMILES string of the molecule is CC(C)(C)CC(c1ccc(OC(OCCC2CCCCC2)C23CC4CC(CC2C4)C3)cc1)C(C)(C)CCC(C)(C)CC(c1ccc(O)cc1)C(C)(C)C. The monoisotopic (exact) mass is 727 g/mol. The summed E-state index contributed by atoms with van der Waals surface area (Å²) in [6.45, 7) is 25.2. The molecule has 2 aromatic rings. The summed E-state index contributed by atoms with van der Waals surface area (Å²) in [5.41, 5.74) is 3.67. The average Bonchev–Trinajstić information content (AvgIpc) is 3.49. The Kier molecular flexibility index (Phi) is 12.2. The van der Waals surface area contributed by atoms with Crippen LogP contribution in [0.1, 0.15) is 189 Å². The fraction of sp³-hybridized carbons (Fsp3) is 0.760. The zero-order chi connectivity index (χ0) is 38.2. The normalized spacial score (nSPS) is 26.9. The van der Waals surface area contributed by atoms with Crippen molar-refractivity contribution in [2.45, 2.75) is 184 Å². The van der Waals surface area contributed by atoms with Gasteiger partial charge >= 0.3 is 0 Å². The number of hydrogen-bond acceptors (Lipinski definition) is 3. The Balaban J connectivity index is 1.15. The van der Waals surface area contributed by atoms with E-state index in [1.54, 1.807) is 0 Å². The molecule has 0 aromatic heterocycles. The van der Waals surface area contributed by atoms with Gasteiger partial charge in [0.15, 0.2) is 0 Å². The van der Waals surface area contributed by atoms with Crippen LogP contribution in [0.25, 0.3) is 0 Å². The molecule has 0 spiro atoms. The predicted octanol–water partition coefficient (Wildman–Crippen LogP) is 14.5. The molecular weight excluding hydrogens is 649 g/mol. The van der Waals surface area contributed by atoms with E-state index in [-0.39, 0.29) is 33.4 Å². The van der Waals surface area contributed by atoms with Crippen molar-refractivity contribution in [2.75, 3.05) is 6.61 Å². The Morgan fingerprint density at radius 1 is 0.698 bits per heavy atom. The lowest BCUT2D eigenvalue weighted by Crippen LogP contribution is -2.43. The highest BCUT2D eigenvalue weighted by molar-refractivity contribution is 5.32. The topological polar surface area (TPSA) is 38.7 Å². The Hall–Kier alpha value is -2.00. The van der Waals surface area contributed by atoms with E-state index < -0.39 is 0 Å². The third-order valence-electron chi connectivity index (χ3n) is 14.9. The molecule has 0 heterocycles. The molecule has 0 radical (unpaired) electrons. The molecule has 5 fully saturated rings. The van der Waals surface area contributed by atoms with E-state index in [0.29, 0.717) is 17.6 Å². The largest absolute Gasteiger partial charge is 0.508 e. The maximum absolute atomic E-state index is 9.97. The van der Waals surface area contributed by atoms with E-state index in [4.69, 9.17) is 9.47 Å². The minimum atomic E-state index is -0.111. The molecule has 5 atom stereocenters. The number of phenolic OH excluding ortho intramolecular Hbond substituents is 1. The molecule has 0 saturated heterocycles. The molecule has 7 rings (SSSR count). The molecule has 0 aliphatic heterocycles. The van der Waals surface area contributed by atoms with E-state index in [1.165, 1.54) is 94.6 Å². The van der Waals surface area contributed by atoms with Gasteiger partial charge in [-0.1, -0.05) is 126 Å². The first-order chi connectivity index (χ1) is 24.8. The zero-order valence-corrected chi connectivity index (χ0v) is 35.7. The number of rotatable bonds is 16. The minimum absolute atomic E-state index is 0.111. The fourth-order valence-corrected chi connectivity index (χ4v) is 11.9. The van der Waals surface area contributed by atoms with Gasteiger partial charge in [-0.05, 0) is 157 Å². The summed E-state index contributed by atoms with van der Waals surface area (Å²) in [4.78, 5) is 0. The molecule has 53 heavy (non-hydrogen) atoms. The summed E-state index contributed by atoms with van der Waals surface area (Å²) >= 11 is 0. The first kappa shape index (κ1) is 40.7. The summed E-state index contributed by atoms with van der Waals surface area (Å²) in [6, 6.07) is 17.3. The maximum atomic E-state index is 9.97. The predicted molar refractivity (Wildman–Crippen MR) is 223 cm³/mol. The highest BCUT2D eigenvalue weighted by Crippen LogP contribution is 2.67. The smallest absolute Gasteiger partial charge is 0.205 e. The van der Waals surface area contributed by atoms with Crippen LogP contribution in [-0.2, 0) is 4.74 Å². The van der Waals surface area contributed by atoms with Crippen molar-refractivity contribution in [1.82, 2.24) is 0 Å². The number of ether oxygens (including phenoxy) is 2. The van der Waals surface area contributed by atoms with Gasteiger partial charge in [0.1, 0.15) is 11.5 Å². The van der Waals surface area contributed by atoms with E-state index >= 15 is 0 Å². The Bertz CT molecular complexity index is 1430. The van der Waals surface area contributed by atoms with Gasteiger partial charge in [-0.2, -0.15) is 0 Å². The van der Waals surface area contributed by atoms with Crippen LogP contribution in [0.4, 0.5) is 0 Å². The Morgan fingerprint density at radius 3 is 1.87 bits per heavy atom. The lowest BCUT2D eigenvalue weighted by atomic mass is 9.63. The minimum Gasteiger partial charge on any atom is -0.508 e. The van der Waals surface area contributed by atoms with Crippen LogP contribution >= 0.6 is 0 Å². The molecule has 5 aliphatic carbocycles.